The van der Waals surface area contributed by atoms with E-state index in [1.807, 2.05) is 18.2 Å². The van der Waals surface area contributed by atoms with Gasteiger partial charge in [-0.15, -0.1) is 0 Å². The standard InChI is InChI=1S/C12H14N/c1-3-4-5-12-8-11(9-13)7-6-10(12)2/h6-8H,2-5H2,1H3. The number of rotatable bonds is 3. The minimum absolute atomic E-state index is 0.735. The molecule has 1 radical (unpaired) electrons. The van der Waals surface area contributed by atoms with E-state index in [-0.39, 0.29) is 0 Å². The third kappa shape index (κ3) is 2.59. The normalized spacial score (nSPS) is 9.62. The van der Waals surface area contributed by atoms with Gasteiger partial charge in [0.15, 0.2) is 0 Å². The van der Waals surface area contributed by atoms with E-state index in [2.05, 4.69) is 19.9 Å². The molecule has 0 aliphatic carbocycles. The fourth-order valence-corrected chi connectivity index (χ4v) is 1.30. The zero-order valence-electron chi connectivity index (χ0n) is 8.01. The van der Waals surface area contributed by atoms with Crippen LogP contribution < -0.4 is 0 Å². The summed E-state index contributed by atoms with van der Waals surface area (Å²) in [7, 11) is 0. The van der Waals surface area contributed by atoms with Gasteiger partial charge < -0.3 is 0 Å². The molecule has 67 valence electrons. The highest BCUT2D eigenvalue weighted by Gasteiger charge is 1.99. The van der Waals surface area contributed by atoms with Crippen LogP contribution in [0.3, 0.4) is 0 Å². The maximum atomic E-state index is 8.71. The molecule has 0 fully saturated rings. The molecule has 0 N–H and O–H groups in total. The van der Waals surface area contributed by atoms with Gasteiger partial charge in [0.2, 0.25) is 0 Å². The van der Waals surface area contributed by atoms with E-state index in [1.165, 1.54) is 12.0 Å². The van der Waals surface area contributed by atoms with Crippen LogP contribution >= 0.6 is 0 Å². The van der Waals surface area contributed by atoms with Crippen molar-refractivity contribution in [3.8, 4) is 6.07 Å². The van der Waals surface area contributed by atoms with E-state index in [4.69, 9.17) is 5.26 Å². The molecule has 0 saturated carbocycles. The lowest BCUT2D eigenvalue weighted by atomic mass is 10.0. The van der Waals surface area contributed by atoms with Crippen LogP contribution in [0, 0.1) is 18.3 Å². The van der Waals surface area contributed by atoms with Gasteiger partial charge in [-0.1, -0.05) is 19.4 Å². The van der Waals surface area contributed by atoms with Gasteiger partial charge in [0.25, 0.3) is 0 Å². The Labute approximate surface area is 80.0 Å². The minimum atomic E-state index is 0.735. The molecule has 1 aromatic rings. The van der Waals surface area contributed by atoms with Crippen LogP contribution in [0.4, 0.5) is 0 Å². The van der Waals surface area contributed by atoms with E-state index < -0.39 is 0 Å². The topological polar surface area (TPSA) is 23.8 Å². The predicted octanol–water partition coefficient (Wildman–Crippen LogP) is 3.08. The molecule has 1 rings (SSSR count). The first-order valence-corrected chi connectivity index (χ1v) is 4.63. The number of hydrogen-bond donors (Lipinski definition) is 0. The molecule has 0 heterocycles. The molecule has 1 nitrogen and oxygen atoms in total. The Morgan fingerprint density at radius 1 is 1.46 bits per heavy atom. The van der Waals surface area contributed by atoms with Gasteiger partial charge in [0, 0.05) is 0 Å². The summed E-state index contributed by atoms with van der Waals surface area (Å²) in [5.41, 5.74) is 2.99. The van der Waals surface area contributed by atoms with E-state index in [0.29, 0.717) is 0 Å². The van der Waals surface area contributed by atoms with Crippen molar-refractivity contribution >= 4 is 0 Å². The van der Waals surface area contributed by atoms with Gasteiger partial charge in [0.05, 0.1) is 11.6 Å². The Balaban J connectivity index is 2.85. The van der Waals surface area contributed by atoms with Crippen molar-refractivity contribution in [2.75, 3.05) is 0 Å². The predicted molar refractivity (Wildman–Crippen MR) is 54.2 cm³/mol. The number of unbranched alkanes of at least 4 members (excludes halogenated alkanes) is 1. The highest BCUT2D eigenvalue weighted by Crippen LogP contribution is 2.13. The second-order valence-electron chi connectivity index (χ2n) is 3.20. The molecule has 0 aromatic heterocycles. The van der Waals surface area contributed by atoms with E-state index in [9.17, 15) is 0 Å². The Kier molecular flexibility index (Phi) is 3.52. The lowest BCUT2D eigenvalue weighted by molar-refractivity contribution is 0.793. The van der Waals surface area contributed by atoms with E-state index in [1.54, 1.807) is 0 Å². The van der Waals surface area contributed by atoms with Gasteiger partial charge in [-0.25, -0.2) is 0 Å². The highest BCUT2D eigenvalue weighted by molar-refractivity contribution is 5.39. The molecule has 1 aromatic carbocycles. The van der Waals surface area contributed by atoms with E-state index >= 15 is 0 Å². The fourth-order valence-electron chi connectivity index (χ4n) is 1.30. The first-order valence-electron chi connectivity index (χ1n) is 4.63. The Bertz CT molecular complexity index is 320. The molecule has 1 heteroatoms. The molecule has 0 spiro atoms. The Morgan fingerprint density at radius 2 is 2.23 bits per heavy atom. The lowest BCUT2D eigenvalue weighted by Crippen LogP contribution is -1.90. The lowest BCUT2D eigenvalue weighted by Gasteiger charge is -2.04. The van der Waals surface area contributed by atoms with E-state index in [0.717, 1.165) is 24.0 Å². The molecule has 0 unspecified atom stereocenters. The molecule has 0 bridgehead atoms. The molecular weight excluding hydrogens is 158 g/mol. The molecular formula is C12H14N. The summed E-state index contributed by atoms with van der Waals surface area (Å²) in [4.78, 5) is 0. The van der Waals surface area contributed by atoms with Crippen molar-refractivity contribution in [3.63, 3.8) is 0 Å². The molecule has 0 saturated heterocycles. The van der Waals surface area contributed by atoms with Crippen LogP contribution in [0.1, 0.15) is 36.5 Å². The average molecular weight is 172 g/mol. The number of nitrogens with zero attached hydrogens (tertiary/aromatic N) is 1. The molecule has 0 atom stereocenters. The average Bonchev–Trinajstić information content (AvgIpc) is 2.17. The second kappa shape index (κ2) is 4.67. The van der Waals surface area contributed by atoms with Crippen molar-refractivity contribution in [2.24, 2.45) is 0 Å². The first kappa shape index (κ1) is 9.80. The molecule has 0 aliphatic rings. The summed E-state index contributed by atoms with van der Waals surface area (Å²) >= 11 is 0. The summed E-state index contributed by atoms with van der Waals surface area (Å²) < 4.78 is 0. The van der Waals surface area contributed by atoms with Gasteiger partial charge in [-0.3, -0.25) is 0 Å². The fraction of sp³-hybridized carbons (Fsp3) is 0.333. The third-order valence-corrected chi connectivity index (χ3v) is 2.14. The highest BCUT2D eigenvalue weighted by atomic mass is 14.2. The van der Waals surface area contributed by atoms with Gasteiger partial charge in [0.1, 0.15) is 0 Å². The maximum absolute atomic E-state index is 8.71. The summed E-state index contributed by atoms with van der Waals surface area (Å²) in [6.45, 7) is 6.10. The summed E-state index contributed by atoms with van der Waals surface area (Å²) in [6.07, 6.45) is 3.37. The van der Waals surface area contributed by atoms with Crippen molar-refractivity contribution in [1.29, 1.82) is 5.26 Å². The molecule has 0 aliphatic heterocycles. The van der Waals surface area contributed by atoms with Crippen LogP contribution in [-0.4, -0.2) is 0 Å². The third-order valence-electron chi connectivity index (χ3n) is 2.14. The van der Waals surface area contributed by atoms with Gasteiger partial charge in [-0.2, -0.15) is 5.26 Å². The molecule has 0 amide bonds. The number of hydrogen-bond acceptors (Lipinski definition) is 1. The van der Waals surface area contributed by atoms with Crippen LogP contribution in [0.2, 0.25) is 0 Å². The Hall–Kier alpha value is -1.29. The summed E-state index contributed by atoms with van der Waals surface area (Å²) in [5, 5.41) is 8.71. The maximum Gasteiger partial charge on any atom is 0.0991 e. The largest absolute Gasteiger partial charge is 0.192 e. The van der Waals surface area contributed by atoms with Crippen LogP contribution in [-0.2, 0) is 6.42 Å². The SMILES string of the molecule is [CH2]c1ccc(C#N)cc1CCCC. The summed E-state index contributed by atoms with van der Waals surface area (Å²) in [5.74, 6) is 0. The number of benzene rings is 1. The minimum Gasteiger partial charge on any atom is -0.192 e. The van der Waals surface area contributed by atoms with Crippen molar-refractivity contribution < 1.29 is 0 Å². The number of nitriles is 1. The molecule has 13 heavy (non-hydrogen) atoms. The summed E-state index contributed by atoms with van der Waals surface area (Å²) in [6, 6.07) is 7.82. The first-order chi connectivity index (χ1) is 6.27. The second-order valence-corrected chi connectivity index (χ2v) is 3.20. The monoisotopic (exact) mass is 172 g/mol. The van der Waals surface area contributed by atoms with Crippen molar-refractivity contribution in [2.45, 2.75) is 26.2 Å². The Morgan fingerprint density at radius 3 is 2.85 bits per heavy atom. The van der Waals surface area contributed by atoms with Gasteiger partial charge in [-0.05, 0) is 43.0 Å². The van der Waals surface area contributed by atoms with Crippen LogP contribution in [0.15, 0.2) is 18.2 Å². The van der Waals surface area contributed by atoms with Crippen LogP contribution in [0.5, 0.6) is 0 Å². The quantitative estimate of drug-likeness (QED) is 0.687. The van der Waals surface area contributed by atoms with Crippen molar-refractivity contribution in [3.05, 3.63) is 41.8 Å². The zero-order chi connectivity index (χ0) is 9.68. The smallest absolute Gasteiger partial charge is 0.0991 e. The van der Waals surface area contributed by atoms with Crippen molar-refractivity contribution in [1.82, 2.24) is 0 Å². The van der Waals surface area contributed by atoms with Crippen LogP contribution in [0.25, 0.3) is 0 Å². The van der Waals surface area contributed by atoms with Gasteiger partial charge >= 0.3 is 0 Å². The zero-order valence-corrected chi connectivity index (χ0v) is 8.01. The number of aryl methyl sites for hydroxylation is 1.